The minimum Gasteiger partial charge on any atom is -0.481 e. The second-order valence-electron chi connectivity index (χ2n) is 22.9. The van der Waals surface area contributed by atoms with Crippen LogP contribution in [-0.2, 0) is 40.9 Å². The van der Waals surface area contributed by atoms with E-state index in [0.29, 0.717) is 25.7 Å². The first-order valence-corrected chi connectivity index (χ1v) is 34.6. The van der Waals surface area contributed by atoms with Crippen LogP contribution in [0.5, 0.6) is 0 Å². The Bertz CT molecular complexity index is 1140. The summed E-state index contributed by atoms with van der Waals surface area (Å²) >= 11 is 0. The first-order chi connectivity index (χ1) is 39.1. The molecule has 9 heteroatoms. The molecule has 0 aliphatic heterocycles. The quantitative estimate of drug-likeness (QED) is 0.0267. The van der Waals surface area contributed by atoms with Gasteiger partial charge in [-0.15, -0.1) is 0 Å². The molecule has 4 N–H and O–H groups in total. The monoisotopic (exact) mass is 1180 g/mol. The second kappa shape index (κ2) is 84.0. The van der Waals surface area contributed by atoms with E-state index >= 15 is 0 Å². The number of aliphatic carboxylic acids is 4. The van der Waals surface area contributed by atoms with E-state index in [0.717, 1.165) is 51.4 Å². The van der Waals surface area contributed by atoms with Crippen LogP contribution in [0.15, 0.2) is 48.6 Å². The van der Waals surface area contributed by atoms with E-state index in [2.05, 4.69) is 76.3 Å². The average molecular weight is 1180 g/mol. The maximum Gasteiger partial charge on any atom is 0.303 e. The Labute approximate surface area is 518 Å². The molecule has 476 valence electrons. The van der Waals surface area contributed by atoms with E-state index < -0.39 is 23.9 Å². The van der Waals surface area contributed by atoms with E-state index in [1.165, 1.54) is 283 Å². The molecule has 0 aliphatic carbocycles. The zero-order chi connectivity index (χ0) is 59.6. The Morgan fingerprint density at radius 3 is 0.432 bits per heavy atom. The normalized spacial score (nSPS) is 11.1. The van der Waals surface area contributed by atoms with Crippen molar-refractivity contribution in [3.8, 4) is 0 Å². The number of carbonyl (C=O) groups is 4. The molecule has 0 bridgehead atoms. The van der Waals surface area contributed by atoms with Gasteiger partial charge in [-0.2, -0.15) is 0 Å². The second-order valence-corrected chi connectivity index (χ2v) is 22.9. The molecule has 0 rings (SSSR count). The van der Waals surface area contributed by atoms with Gasteiger partial charge in [-0.1, -0.05) is 282 Å². The maximum absolute atomic E-state index is 10.3. The van der Waals surface area contributed by atoms with Gasteiger partial charge in [-0.05, 0) is 128 Å². The van der Waals surface area contributed by atoms with Crippen LogP contribution in [-0.4, -0.2) is 44.3 Å². The molecule has 0 heterocycles. The molecule has 0 aromatic carbocycles. The molecule has 81 heavy (non-hydrogen) atoms. The Balaban J connectivity index is -0.000000316. The van der Waals surface area contributed by atoms with Gasteiger partial charge >= 0.3 is 23.9 Å². The number of rotatable bonds is 60. The first kappa shape index (κ1) is 87.3. The standard InChI is InChI=1S/4C18H34O2.Ti/c4*1-2-3-4-5-6-7-8-9-10-11-12-13-14-15-16-17-18(19)20;/h4*9-10H,2-8,11-17H2,1H3,(H,19,20);/b4*10-9-;. The van der Waals surface area contributed by atoms with Crippen LogP contribution in [0.4, 0.5) is 0 Å². The molecular weight excluding hydrogens is 1040 g/mol. The minimum atomic E-state index is -0.664. The fraction of sp³-hybridized carbons (Fsp3) is 0.833. The summed E-state index contributed by atoms with van der Waals surface area (Å²) in [4.78, 5) is 41.3. The van der Waals surface area contributed by atoms with Crippen molar-refractivity contribution < 1.29 is 61.3 Å². The summed E-state index contributed by atoms with van der Waals surface area (Å²) in [7, 11) is 0. The molecule has 0 aliphatic rings. The van der Waals surface area contributed by atoms with Crippen LogP contribution in [0.3, 0.4) is 0 Å². The number of carboxylic acids is 4. The molecule has 0 amide bonds. The van der Waals surface area contributed by atoms with Crippen LogP contribution in [0, 0.1) is 0 Å². The molecule has 0 saturated heterocycles. The maximum atomic E-state index is 10.3. The molecule has 0 spiro atoms. The number of carboxylic acid groups (broad SMARTS) is 4. The van der Waals surface area contributed by atoms with Crippen LogP contribution in [0.25, 0.3) is 0 Å². The summed E-state index contributed by atoms with van der Waals surface area (Å²) in [5.74, 6) is -2.66. The fourth-order valence-corrected chi connectivity index (χ4v) is 9.39. The molecular formula is C72H136O8Ti. The topological polar surface area (TPSA) is 149 Å². The largest absolute Gasteiger partial charge is 0.481 e. The van der Waals surface area contributed by atoms with Crippen LogP contribution >= 0.6 is 0 Å². The van der Waals surface area contributed by atoms with Crippen molar-refractivity contribution in [3.05, 3.63) is 48.6 Å². The van der Waals surface area contributed by atoms with Gasteiger partial charge in [-0.3, -0.25) is 19.2 Å². The van der Waals surface area contributed by atoms with E-state index in [4.69, 9.17) is 20.4 Å². The predicted octanol–water partition coefficient (Wildman–Crippen LogP) is 24.4. The van der Waals surface area contributed by atoms with E-state index in [9.17, 15) is 19.2 Å². The predicted molar refractivity (Wildman–Crippen MR) is 348 cm³/mol. The molecule has 0 aromatic heterocycles. The van der Waals surface area contributed by atoms with Gasteiger partial charge < -0.3 is 20.4 Å². The third kappa shape index (κ3) is 103. The van der Waals surface area contributed by atoms with Gasteiger partial charge in [0.2, 0.25) is 0 Å². The summed E-state index contributed by atoms with van der Waals surface area (Å²) in [6, 6.07) is 0. The number of unbranched alkanes of at least 4 members (excludes halogenated alkanes) is 44. The van der Waals surface area contributed by atoms with Crippen LogP contribution < -0.4 is 0 Å². The third-order valence-electron chi connectivity index (χ3n) is 14.6. The van der Waals surface area contributed by atoms with Gasteiger partial charge in [0.05, 0.1) is 0 Å². The van der Waals surface area contributed by atoms with Crippen LogP contribution in [0.2, 0.25) is 0 Å². The minimum absolute atomic E-state index is 0. The molecule has 0 aromatic rings. The van der Waals surface area contributed by atoms with Gasteiger partial charge in [0.1, 0.15) is 0 Å². The van der Waals surface area contributed by atoms with Crippen molar-refractivity contribution >= 4 is 23.9 Å². The Kier molecular flexibility index (Phi) is 90.6. The molecule has 0 unspecified atom stereocenters. The number of hydrogen-bond donors (Lipinski definition) is 4. The Morgan fingerprint density at radius 2 is 0.309 bits per heavy atom. The first-order valence-electron chi connectivity index (χ1n) is 34.6. The van der Waals surface area contributed by atoms with Crippen molar-refractivity contribution in [3.63, 3.8) is 0 Å². The summed E-state index contributed by atoms with van der Waals surface area (Å²) in [6.45, 7) is 9.04. The van der Waals surface area contributed by atoms with Crippen molar-refractivity contribution in [1.82, 2.24) is 0 Å². The van der Waals surface area contributed by atoms with Gasteiger partial charge in [0.15, 0.2) is 0 Å². The van der Waals surface area contributed by atoms with E-state index in [1.807, 2.05) is 0 Å². The van der Waals surface area contributed by atoms with Gasteiger partial charge in [0, 0.05) is 47.4 Å². The van der Waals surface area contributed by atoms with Crippen molar-refractivity contribution in [1.29, 1.82) is 0 Å². The molecule has 8 nitrogen and oxygen atoms in total. The fourth-order valence-electron chi connectivity index (χ4n) is 9.39. The molecule has 0 atom stereocenters. The number of hydrogen-bond acceptors (Lipinski definition) is 4. The zero-order valence-electron chi connectivity index (χ0n) is 54.1. The SMILES string of the molecule is CCCCCCCC/C=C\CCCCCCCC(=O)O.CCCCCCCC/C=C\CCCCCCCC(=O)O.CCCCCCCC/C=C\CCCCCCCC(=O)O.CCCCCCCC/C=C\CCCCCCCC(=O)O.[Ti]. The Morgan fingerprint density at radius 1 is 0.198 bits per heavy atom. The van der Waals surface area contributed by atoms with Gasteiger partial charge in [0.25, 0.3) is 0 Å². The molecule has 0 radical (unpaired) electrons. The molecule has 0 fully saturated rings. The number of allylic oxidation sites excluding steroid dienone is 8. The van der Waals surface area contributed by atoms with Crippen molar-refractivity contribution in [2.24, 2.45) is 0 Å². The van der Waals surface area contributed by atoms with E-state index in [-0.39, 0.29) is 21.7 Å². The van der Waals surface area contributed by atoms with Crippen LogP contribution in [0.1, 0.15) is 387 Å². The Hall–Kier alpha value is -2.45. The van der Waals surface area contributed by atoms with Crippen molar-refractivity contribution in [2.75, 3.05) is 0 Å². The van der Waals surface area contributed by atoms with Gasteiger partial charge in [-0.25, -0.2) is 0 Å². The average Bonchev–Trinajstić information content (AvgIpc) is 3.43. The van der Waals surface area contributed by atoms with Crippen molar-refractivity contribution in [2.45, 2.75) is 387 Å². The summed E-state index contributed by atoms with van der Waals surface area (Å²) in [5.41, 5.74) is 0. The van der Waals surface area contributed by atoms with E-state index in [1.54, 1.807) is 0 Å². The molecule has 0 saturated carbocycles. The third-order valence-corrected chi connectivity index (χ3v) is 14.6. The summed E-state index contributed by atoms with van der Waals surface area (Å²) in [6.07, 6.45) is 85.0. The zero-order valence-corrected chi connectivity index (χ0v) is 55.7. The smallest absolute Gasteiger partial charge is 0.303 e. The summed E-state index contributed by atoms with van der Waals surface area (Å²) in [5, 5.41) is 34.0. The summed E-state index contributed by atoms with van der Waals surface area (Å²) < 4.78 is 0.